The summed E-state index contributed by atoms with van der Waals surface area (Å²) in [6, 6.07) is 7.35. The largest absolute Gasteiger partial charge is 0.395 e. The van der Waals surface area contributed by atoms with Crippen LogP contribution in [0.4, 0.5) is 0 Å². The van der Waals surface area contributed by atoms with E-state index in [1.54, 1.807) is 25.4 Å². The summed E-state index contributed by atoms with van der Waals surface area (Å²) in [6.45, 7) is 0.273. The molecule has 0 atom stereocenters. The predicted octanol–water partition coefficient (Wildman–Crippen LogP) is 0.937. The highest BCUT2D eigenvalue weighted by Gasteiger charge is 2.11. The second-order valence-corrected chi connectivity index (χ2v) is 3.95. The number of rotatable bonds is 4. The van der Waals surface area contributed by atoms with Gasteiger partial charge in [0.15, 0.2) is 0 Å². The summed E-state index contributed by atoms with van der Waals surface area (Å²) in [6.07, 6.45) is 5.33. The molecule has 0 aliphatic heterocycles. The van der Waals surface area contributed by atoms with Crippen LogP contribution in [0.2, 0.25) is 0 Å². The van der Waals surface area contributed by atoms with Crippen molar-refractivity contribution in [1.82, 2.24) is 14.5 Å². The highest BCUT2D eigenvalue weighted by atomic mass is 16.3. The van der Waals surface area contributed by atoms with Gasteiger partial charge in [-0.1, -0.05) is 0 Å². The van der Waals surface area contributed by atoms with Crippen LogP contribution >= 0.6 is 0 Å². The third-order valence-electron chi connectivity index (χ3n) is 2.65. The van der Waals surface area contributed by atoms with Crippen molar-refractivity contribution in [3.05, 3.63) is 48.4 Å². The molecule has 0 saturated heterocycles. The van der Waals surface area contributed by atoms with Gasteiger partial charge in [-0.15, -0.1) is 0 Å². The van der Waals surface area contributed by atoms with Crippen molar-refractivity contribution in [2.75, 3.05) is 20.2 Å². The zero-order valence-corrected chi connectivity index (χ0v) is 10.2. The van der Waals surface area contributed by atoms with Gasteiger partial charge in [-0.05, 0) is 24.3 Å². The lowest BCUT2D eigenvalue weighted by Crippen LogP contribution is -2.29. The number of likely N-dealkylation sites (N-methyl/N-ethyl adjacent to an activating group) is 1. The summed E-state index contributed by atoms with van der Waals surface area (Å²) < 4.78 is 1.87. The van der Waals surface area contributed by atoms with Crippen molar-refractivity contribution in [3.63, 3.8) is 0 Å². The summed E-state index contributed by atoms with van der Waals surface area (Å²) in [4.78, 5) is 17.6. The number of carbonyl (C=O) groups is 1. The number of nitrogens with zero attached hydrogens (tertiary/aromatic N) is 3. The monoisotopic (exact) mass is 245 g/mol. The molecule has 0 unspecified atom stereocenters. The first-order valence-electron chi connectivity index (χ1n) is 5.68. The molecule has 5 nitrogen and oxygen atoms in total. The standard InChI is InChI=1S/C13H15N3O2/c1-15(8-9-17)13(18)11-4-5-12(14-10-11)16-6-2-3-7-16/h2-7,10,17H,8-9H2,1H3. The molecule has 1 N–H and O–H groups in total. The molecule has 5 heteroatoms. The molecule has 2 heterocycles. The molecule has 0 fully saturated rings. The number of pyridine rings is 1. The van der Waals surface area contributed by atoms with E-state index in [-0.39, 0.29) is 12.5 Å². The van der Waals surface area contributed by atoms with E-state index in [4.69, 9.17) is 5.11 Å². The maximum atomic E-state index is 11.9. The van der Waals surface area contributed by atoms with E-state index in [0.717, 1.165) is 5.82 Å². The molecule has 0 aliphatic rings. The van der Waals surface area contributed by atoms with Crippen molar-refractivity contribution in [2.24, 2.45) is 0 Å². The summed E-state index contributed by atoms with van der Waals surface area (Å²) >= 11 is 0. The molecule has 1 amide bonds. The Morgan fingerprint density at radius 1 is 1.39 bits per heavy atom. The summed E-state index contributed by atoms with van der Waals surface area (Å²) in [5, 5.41) is 8.79. The number of hydrogen-bond acceptors (Lipinski definition) is 3. The first-order valence-corrected chi connectivity index (χ1v) is 5.68. The minimum Gasteiger partial charge on any atom is -0.395 e. The van der Waals surface area contributed by atoms with Crippen LogP contribution in [0.1, 0.15) is 10.4 Å². The average Bonchev–Trinajstić information content (AvgIpc) is 2.92. The lowest BCUT2D eigenvalue weighted by Gasteiger charge is -2.15. The summed E-state index contributed by atoms with van der Waals surface area (Å²) in [5.74, 6) is 0.622. The van der Waals surface area contributed by atoms with E-state index < -0.39 is 0 Å². The van der Waals surface area contributed by atoms with Gasteiger partial charge in [0.05, 0.1) is 12.2 Å². The van der Waals surface area contributed by atoms with E-state index in [2.05, 4.69) is 4.98 Å². The van der Waals surface area contributed by atoms with Crippen molar-refractivity contribution < 1.29 is 9.90 Å². The van der Waals surface area contributed by atoms with Gasteiger partial charge in [-0.3, -0.25) is 4.79 Å². The smallest absolute Gasteiger partial charge is 0.255 e. The SMILES string of the molecule is CN(CCO)C(=O)c1ccc(-n2cccc2)nc1. The maximum absolute atomic E-state index is 11.9. The molecular weight excluding hydrogens is 230 g/mol. The van der Waals surface area contributed by atoms with E-state index >= 15 is 0 Å². The highest BCUT2D eigenvalue weighted by molar-refractivity contribution is 5.93. The third-order valence-corrected chi connectivity index (χ3v) is 2.65. The number of hydrogen-bond donors (Lipinski definition) is 1. The fourth-order valence-corrected chi connectivity index (χ4v) is 1.62. The van der Waals surface area contributed by atoms with Crippen LogP contribution in [-0.4, -0.2) is 45.7 Å². The molecule has 0 radical (unpaired) electrons. The lowest BCUT2D eigenvalue weighted by atomic mass is 10.2. The Hall–Kier alpha value is -2.14. The maximum Gasteiger partial charge on any atom is 0.255 e. The molecule has 0 bridgehead atoms. The van der Waals surface area contributed by atoms with Crippen LogP contribution in [0.15, 0.2) is 42.9 Å². The molecule has 94 valence electrons. The minimum absolute atomic E-state index is 0.0445. The van der Waals surface area contributed by atoms with E-state index in [1.165, 1.54) is 4.90 Å². The molecule has 2 rings (SSSR count). The summed E-state index contributed by atoms with van der Waals surface area (Å²) in [7, 11) is 1.65. The van der Waals surface area contributed by atoms with Gasteiger partial charge in [-0.25, -0.2) is 4.98 Å². The Kier molecular flexibility index (Phi) is 3.74. The van der Waals surface area contributed by atoms with E-state index in [0.29, 0.717) is 12.1 Å². The molecule has 0 aliphatic carbocycles. The molecule has 2 aromatic rings. The Balaban J connectivity index is 2.15. The highest BCUT2D eigenvalue weighted by Crippen LogP contribution is 2.07. The van der Waals surface area contributed by atoms with Crippen LogP contribution in [-0.2, 0) is 0 Å². The number of aliphatic hydroxyl groups is 1. The number of carbonyl (C=O) groups excluding carboxylic acids is 1. The second-order valence-electron chi connectivity index (χ2n) is 3.95. The molecular formula is C13H15N3O2. The Bertz CT molecular complexity index is 506. The van der Waals surface area contributed by atoms with Crippen LogP contribution in [0.5, 0.6) is 0 Å². The molecule has 18 heavy (non-hydrogen) atoms. The Morgan fingerprint density at radius 2 is 2.11 bits per heavy atom. The fraction of sp³-hybridized carbons (Fsp3) is 0.231. The van der Waals surface area contributed by atoms with E-state index in [1.807, 2.05) is 29.1 Å². The van der Waals surface area contributed by atoms with Crippen LogP contribution in [0, 0.1) is 0 Å². The Labute approximate surface area is 105 Å². The summed E-state index contributed by atoms with van der Waals surface area (Å²) in [5.41, 5.74) is 0.516. The van der Waals surface area contributed by atoms with Gasteiger partial charge in [-0.2, -0.15) is 0 Å². The quantitative estimate of drug-likeness (QED) is 0.872. The van der Waals surface area contributed by atoms with Gasteiger partial charge in [0, 0.05) is 32.2 Å². The van der Waals surface area contributed by atoms with Crippen LogP contribution in [0.25, 0.3) is 5.82 Å². The number of aliphatic hydroxyl groups excluding tert-OH is 1. The van der Waals surface area contributed by atoms with Crippen molar-refractivity contribution in [2.45, 2.75) is 0 Å². The Morgan fingerprint density at radius 3 is 2.67 bits per heavy atom. The van der Waals surface area contributed by atoms with Crippen molar-refractivity contribution >= 4 is 5.91 Å². The topological polar surface area (TPSA) is 58.4 Å². The zero-order valence-electron chi connectivity index (χ0n) is 10.2. The second kappa shape index (κ2) is 5.46. The predicted molar refractivity (Wildman–Crippen MR) is 67.6 cm³/mol. The number of aromatic nitrogens is 2. The zero-order chi connectivity index (χ0) is 13.0. The molecule has 0 spiro atoms. The minimum atomic E-state index is -0.143. The van der Waals surface area contributed by atoms with Gasteiger partial charge >= 0.3 is 0 Å². The van der Waals surface area contributed by atoms with Crippen LogP contribution < -0.4 is 0 Å². The van der Waals surface area contributed by atoms with E-state index in [9.17, 15) is 4.79 Å². The number of amides is 1. The first-order chi connectivity index (χ1) is 8.72. The third kappa shape index (κ3) is 2.57. The average molecular weight is 245 g/mol. The first kappa shape index (κ1) is 12.3. The van der Waals surface area contributed by atoms with Gasteiger partial charge in [0.25, 0.3) is 5.91 Å². The van der Waals surface area contributed by atoms with Gasteiger partial charge in [0.2, 0.25) is 0 Å². The molecule has 2 aromatic heterocycles. The fourth-order valence-electron chi connectivity index (χ4n) is 1.62. The molecule has 0 saturated carbocycles. The normalized spacial score (nSPS) is 10.3. The van der Waals surface area contributed by atoms with Crippen molar-refractivity contribution in [3.8, 4) is 5.82 Å². The lowest BCUT2D eigenvalue weighted by molar-refractivity contribution is 0.0766. The van der Waals surface area contributed by atoms with Gasteiger partial charge in [0.1, 0.15) is 5.82 Å². The molecule has 0 aromatic carbocycles. The van der Waals surface area contributed by atoms with Crippen molar-refractivity contribution in [1.29, 1.82) is 0 Å². The van der Waals surface area contributed by atoms with Gasteiger partial charge < -0.3 is 14.6 Å². The van der Waals surface area contributed by atoms with Crippen LogP contribution in [0.3, 0.4) is 0 Å².